The molecule has 2 aromatic rings. The molecule has 0 radical (unpaired) electrons. The van der Waals surface area contributed by atoms with Gasteiger partial charge in [-0.3, -0.25) is 4.72 Å². The first-order valence-electron chi connectivity index (χ1n) is 6.14. The Kier molecular flexibility index (Phi) is 4.06. The van der Waals surface area contributed by atoms with Crippen LogP contribution in [0.4, 0.5) is 5.69 Å². The lowest BCUT2D eigenvalue weighted by Gasteiger charge is -2.09. The maximum Gasteiger partial charge on any atom is 0.345 e. The molecule has 0 fully saturated rings. The van der Waals surface area contributed by atoms with Crippen LogP contribution in [0, 0.1) is 20.8 Å². The van der Waals surface area contributed by atoms with Crippen LogP contribution in [0.15, 0.2) is 29.2 Å². The third-order valence-electron chi connectivity index (χ3n) is 2.85. The van der Waals surface area contributed by atoms with Gasteiger partial charge in [0.05, 0.1) is 0 Å². The molecular weight excluding hydrogens is 310 g/mol. The summed E-state index contributed by atoms with van der Waals surface area (Å²) in [7, 11) is -3.79. The summed E-state index contributed by atoms with van der Waals surface area (Å²) in [5.41, 5.74) is 2.36. The van der Waals surface area contributed by atoms with Gasteiger partial charge in [-0.15, -0.1) is 11.3 Å². The molecule has 5 nitrogen and oxygen atoms in total. The number of aryl methyl sites for hydroxylation is 3. The van der Waals surface area contributed by atoms with Gasteiger partial charge in [-0.25, -0.2) is 13.2 Å². The zero-order chi connectivity index (χ0) is 15.8. The maximum absolute atomic E-state index is 12.4. The third-order valence-corrected chi connectivity index (χ3v) is 5.52. The number of hydrogen-bond acceptors (Lipinski definition) is 4. The number of nitrogens with one attached hydrogen (secondary N) is 1. The second kappa shape index (κ2) is 5.50. The molecule has 21 heavy (non-hydrogen) atoms. The summed E-state index contributed by atoms with van der Waals surface area (Å²) in [4.78, 5) is 11.4. The minimum absolute atomic E-state index is 0.00376. The van der Waals surface area contributed by atoms with E-state index in [4.69, 9.17) is 5.11 Å². The van der Waals surface area contributed by atoms with Gasteiger partial charge in [-0.1, -0.05) is 6.07 Å². The molecule has 0 unspecified atom stereocenters. The normalized spacial score (nSPS) is 11.4. The second-order valence-corrected chi connectivity index (χ2v) is 7.73. The van der Waals surface area contributed by atoms with Crippen LogP contribution in [0.25, 0.3) is 0 Å². The van der Waals surface area contributed by atoms with Crippen LogP contribution >= 0.6 is 11.3 Å². The first-order chi connectivity index (χ1) is 9.69. The molecule has 112 valence electrons. The van der Waals surface area contributed by atoms with E-state index < -0.39 is 16.0 Å². The van der Waals surface area contributed by atoms with Crippen molar-refractivity contribution in [1.29, 1.82) is 0 Å². The molecule has 0 atom stereocenters. The number of benzene rings is 1. The number of sulfonamides is 1. The Bertz CT molecular complexity index is 786. The van der Waals surface area contributed by atoms with E-state index >= 15 is 0 Å². The number of anilines is 1. The minimum atomic E-state index is -3.79. The molecule has 0 spiro atoms. The monoisotopic (exact) mass is 325 g/mol. The number of carbonyl (C=O) groups is 1. The van der Waals surface area contributed by atoms with E-state index in [0.717, 1.165) is 22.5 Å². The Balaban J connectivity index is 2.40. The Labute approximate surface area is 127 Å². The molecule has 0 saturated heterocycles. The van der Waals surface area contributed by atoms with Crippen molar-refractivity contribution in [3.05, 3.63) is 45.1 Å². The van der Waals surface area contributed by atoms with Crippen molar-refractivity contribution in [3.63, 3.8) is 0 Å². The maximum atomic E-state index is 12.4. The molecular formula is C14H15NO4S2. The van der Waals surface area contributed by atoms with Crippen LogP contribution in [0.3, 0.4) is 0 Å². The lowest BCUT2D eigenvalue weighted by Crippen LogP contribution is -2.13. The van der Waals surface area contributed by atoms with Gasteiger partial charge in [0.1, 0.15) is 9.77 Å². The van der Waals surface area contributed by atoms with E-state index in [0.29, 0.717) is 10.6 Å². The van der Waals surface area contributed by atoms with E-state index in [9.17, 15) is 13.2 Å². The SMILES string of the molecule is Cc1cc(C)cc(NS(=O)(=O)c2cc(C(=O)O)sc2C)c1. The van der Waals surface area contributed by atoms with Crippen LogP contribution in [-0.2, 0) is 10.0 Å². The average molecular weight is 325 g/mol. The smallest absolute Gasteiger partial charge is 0.345 e. The van der Waals surface area contributed by atoms with Gasteiger partial charge in [0.25, 0.3) is 10.0 Å². The van der Waals surface area contributed by atoms with Crippen molar-refractivity contribution < 1.29 is 18.3 Å². The van der Waals surface area contributed by atoms with Crippen molar-refractivity contribution in [2.45, 2.75) is 25.7 Å². The van der Waals surface area contributed by atoms with Gasteiger partial charge in [0.15, 0.2) is 0 Å². The summed E-state index contributed by atoms with van der Waals surface area (Å²) in [5.74, 6) is -1.13. The first kappa shape index (κ1) is 15.5. The van der Waals surface area contributed by atoms with Crippen LogP contribution in [0.5, 0.6) is 0 Å². The fraction of sp³-hybridized carbons (Fsp3) is 0.214. The van der Waals surface area contributed by atoms with Crippen molar-refractivity contribution in [3.8, 4) is 0 Å². The summed E-state index contributed by atoms with van der Waals surface area (Å²) in [6, 6.07) is 6.58. The van der Waals surface area contributed by atoms with Crippen LogP contribution in [-0.4, -0.2) is 19.5 Å². The Morgan fingerprint density at radius 3 is 2.14 bits per heavy atom. The number of carboxylic acid groups (broad SMARTS) is 1. The van der Waals surface area contributed by atoms with Gasteiger partial charge in [0, 0.05) is 10.6 Å². The van der Waals surface area contributed by atoms with Crippen molar-refractivity contribution >= 4 is 33.0 Å². The second-order valence-electron chi connectivity index (χ2n) is 4.82. The number of hydrogen-bond donors (Lipinski definition) is 2. The largest absolute Gasteiger partial charge is 0.477 e. The number of carboxylic acids is 1. The van der Waals surface area contributed by atoms with Gasteiger partial charge in [-0.05, 0) is 50.1 Å². The van der Waals surface area contributed by atoms with Crippen molar-refractivity contribution in [2.75, 3.05) is 4.72 Å². The molecule has 2 N–H and O–H groups in total. The van der Waals surface area contributed by atoms with E-state index in [2.05, 4.69) is 4.72 Å². The van der Waals surface area contributed by atoms with Gasteiger partial charge >= 0.3 is 5.97 Å². The predicted molar refractivity (Wildman–Crippen MR) is 82.7 cm³/mol. The molecule has 1 aromatic heterocycles. The van der Waals surface area contributed by atoms with E-state index in [-0.39, 0.29) is 9.77 Å². The predicted octanol–water partition coefficient (Wildman–Crippen LogP) is 3.17. The quantitative estimate of drug-likeness (QED) is 0.904. The molecule has 0 aliphatic carbocycles. The van der Waals surface area contributed by atoms with Gasteiger partial charge in [0.2, 0.25) is 0 Å². The first-order valence-corrected chi connectivity index (χ1v) is 8.44. The van der Waals surface area contributed by atoms with Gasteiger partial charge in [-0.2, -0.15) is 0 Å². The summed E-state index contributed by atoms with van der Waals surface area (Å²) in [5, 5.41) is 8.95. The molecule has 0 saturated carbocycles. The molecule has 1 heterocycles. The number of rotatable bonds is 4. The average Bonchev–Trinajstić information content (AvgIpc) is 2.70. The fourth-order valence-electron chi connectivity index (χ4n) is 2.08. The molecule has 0 amide bonds. The Morgan fingerprint density at radius 2 is 1.67 bits per heavy atom. The van der Waals surface area contributed by atoms with Crippen LogP contribution in [0.1, 0.15) is 25.7 Å². The minimum Gasteiger partial charge on any atom is -0.477 e. The summed E-state index contributed by atoms with van der Waals surface area (Å²) in [6.07, 6.45) is 0. The van der Waals surface area contributed by atoms with E-state index in [1.807, 2.05) is 19.9 Å². The Hall–Kier alpha value is -1.86. The zero-order valence-corrected chi connectivity index (χ0v) is 13.4. The standard InChI is InChI=1S/C14H15NO4S2/c1-8-4-9(2)6-11(5-8)15-21(18,19)13-7-12(14(16)17)20-10(13)3/h4-7,15H,1-3H3,(H,16,17). The molecule has 0 aliphatic heterocycles. The Morgan fingerprint density at radius 1 is 1.10 bits per heavy atom. The topological polar surface area (TPSA) is 83.5 Å². The molecule has 0 bridgehead atoms. The van der Waals surface area contributed by atoms with Gasteiger partial charge < -0.3 is 5.11 Å². The zero-order valence-electron chi connectivity index (χ0n) is 11.8. The highest BCUT2D eigenvalue weighted by Crippen LogP contribution is 2.28. The molecule has 7 heteroatoms. The lowest BCUT2D eigenvalue weighted by molar-refractivity contribution is 0.0702. The highest BCUT2D eigenvalue weighted by atomic mass is 32.2. The molecule has 1 aromatic carbocycles. The van der Waals surface area contributed by atoms with Crippen LogP contribution in [0.2, 0.25) is 0 Å². The van der Waals surface area contributed by atoms with E-state index in [1.54, 1.807) is 19.1 Å². The molecule has 2 rings (SSSR count). The highest BCUT2D eigenvalue weighted by molar-refractivity contribution is 7.93. The summed E-state index contributed by atoms with van der Waals surface area (Å²) < 4.78 is 27.3. The summed E-state index contributed by atoms with van der Waals surface area (Å²) >= 11 is 0.947. The van der Waals surface area contributed by atoms with Crippen molar-refractivity contribution in [1.82, 2.24) is 0 Å². The molecule has 0 aliphatic rings. The van der Waals surface area contributed by atoms with Crippen molar-refractivity contribution in [2.24, 2.45) is 0 Å². The third kappa shape index (κ3) is 3.43. The van der Waals surface area contributed by atoms with E-state index in [1.165, 1.54) is 6.07 Å². The fourth-order valence-corrected chi connectivity index (χ4v) is 4.55. The van der Waals surface area contributed by atoms with Crippen LogP contribution < -0.4 is 4.72 Å². The summed E-state index contributed by atoms with van der Waals surface area (Å²) in [6.45, 7) is 5.35. The highest BCUT2D eigenvalue weighted by Gasteiger charge is 2.22. The lowest BCUT2D eigenvalue weighted by atomic mass is 10.1. The number of aromatic carboxylic acids is 1. The number of thiophene rings is 1.